The summed E-state index contributed by atoms with van der Waals surface area (Å²) in [5.74, 6) is 0.754. The number of benzene rings is 3. The van der Waals surface area contributed by atoms with Crippen LogP contribution < -0.4 is 15.0 Å². The molecule has 0 spiro atoms. The van der Waals surface area contributed by atoms with E-state index < -0.39 is 0 Å². The van der Waals surface area contributed by atoms with E-state index in [0.717, 1.165) is 48.7 Å². The van der Waals surface area contributed by atoms with Crippen molar-refractivity contribution in [2.75, 3.05) is 23.4 Å². The molecule has 31 heavy (non-hydrogen) atoms. The number of ether oxygens (including phenoxy) is 1. The van der Waals surface area contributed by atoms with Crippen LogP contribution in [0.1, 0.15) is 42.1 Å². The lowest BCUT2D eigenvalue weighted by Gasteiger charge is -2.30. The van der Waals surface area contributed by atoms with E-state index in [2.05, 4.69) is 5.32 Å². The monoisotopic (exact) mass is 414 g/mol. The number of aryl methyl sites for hydroxylation is 1. The van der Waals surface area contributed by atoms with Crippen molar-refractivity contribution >= 4 is 34.0 Å². The van der Waals surface area contributed by atoms with E-state index in [-0.39, 0.29) is 17.7 Å². The van der Waals surface area contributed by atoms with Gasteiger partial charge < -0.3 is 15.0 Å². The van der Waals surface area contributed by atoms with Gasteiger partial charge in [0.15, 0.2) is 0 Å². The van der Waals surface area contributed by atoms with Gasteiger partial charge in [-0.3, -0.25) is 9.59 Å². The van der Waals surface area contributed by atoms with Crippen LogP contribution in [0.3, 0.4) is 0 Å². The number of fused-ring (bicyclic) bond motifs is 2. The quantitative estimate of drug-likeness (QED) is 0.626. The Balaban J connectivity index is 1.48. The molecule has 5 heteroatoms. The van der Waals surface area contributed by atoms with E-state index >= 15 is 0 Å². The Morgan fingerprint density at radius 2 is 1.94 bits per heavy atom. The van der Waals surface area contributed by atoms with E-state index in [9.17, 15) is 9.59 Å². The minimum Gasteiger partial charge on any atom is -0.493 e. The molecule has 0 radical (unpaired) electrons. The fraction of sp³-hybridized carbons (Fsp3) is 0.308. The predicted molar refractivity (Wildman–Crippen MR) is 123 cm³/mol. The number of rotatable bonds is 5. The van der Waals surface area contributed by atoms with E-state index in [1.54, 1.807) is 0 Å². The van der Waals surface area contributed by atoms with Gasteiger partial charge in [-0.25, -0.2) is 0 Å². The molecule has 1 N–H and O–H groups in total. The number of nitrogens with one attached hydrogen (secondary N) is 1. The molecule has 1 aliphatic heterocycles. The summed E-state index contributed by atoms with van der Waals surface area (Å²) in [6.45, 7) is 3.14. The molecule has 2 amide bonds. The van der Waals surface area contributed by atoms with Crippen molar-refractivity contribution in [1.82, 2.24) is 0 Å². The summed E-state index contributed by atoms with van der Waals surface area (Å²) < 4.78 is 5.76. The molecule has 0 saturated heterocycles. The number of hydrogen-bond acceptors (Lipinski definition) is 3. The summed E-state index contributed by atoms with van der Waals surface area (Å²) in [6, 6.07) is 17.5. The molecule has 0 atom stereocenters. The molecule has 1 fully saturated rings. The first-order chi connectivity index (χ1) is 15.2. The van der Waals surface area contributed by atoms with Crippen LogP contribution in [0.25, 0.3) is 10.8 Å². The second-order valence-corrected chi connectivity index (χ2v) is 8.26. The number of carbonyl (C=O) groups excluding carboxylic acids is 2. The Morgan fingerprint density at radius 3 is 2.74 bits per heavy atom. The van der Waals surface area contributed by atoms with Crippen molar-refractivity contribution in [3.8, 4) is 5.75 Å². The average Bonchev–Trinajstić information content (AvgIpc) is 3.63. The second-order valence-electron chi connectivity index (χ2n) is 8.26. The second kappa shape index (κ2) is 8.06. The van der Waals surface area contributed by atoms with Crippen LogP contribution in [0.5, 0.6) is 5.75 Å². The van der Waals surface area contributed by atoms with E-state index in [1.165, 1.54) is 5.56 Å². The smallest absolute Gasteiger partial charge is 0.260 e. The first-order valence-electron chi connectivity index (χ1n) is 11.1. The van der Waals surface area contributed by atoms with Gasteiger partial charge in [-0.2, -0.15) is 0 Å². The van der Waals surface area contributed by atoms with Crippen LogP contribution in [0.15, 0.2) is 54.6 Å². The highest BCUT2D eigenvalue weighted by atomic mass is 16.5. The van der Waals surface area contributed by atoms with Gasteiger partial charge in [0.2, 0.25) is 5.91 Å². The lowest BCUT2D eigenvalue weighted by molar-refractivity contribution is -0.119. The molecule has 0 bridgehead atoms. The van der Waals surface area contributed by atoms with Gasteiger partial charge in [-0.05, 0) is 67.1 Å². The maximum atomic E-state index is 13.4. The molecule has 1 heterocycles. The average molecular weight is 415 g/mol. The van der Waals surface area contributed by atoms with E-state index in [1.807, 2.05) is 66.4 Å². The summed E-state index contributed by atoms with van der Waals surface area (Å²) in [4.78, 5) is 28.0. The van der Waals surface area contributed by atoms with Gasteiger partial charge in [-0.1, -0.05) is 36.4 Å². The summed E-state index contributed by atoms with van der Waals surface area (Å²) in [6.07, 6.45) is 3.91. The third kappa shape index (κ3) is 3.76. The Bertz CT molecular complexity index is 1170. The Labute approximate surface area is 182 Å². The number of hydrogen-bond donors (Lipinski definition) is 1. The van der Waals surface area contributed by atoms with E-state index in [0.29, 0.717) is 23.6 Å². The minimum absolute atomic E-state index is 0.175. The number of nitrogens with zero attached hydrogens (tertiary/aromatic N) is 1. The van der Waals surface area contributed by atoms with Crippen LogP contribution in [-0.4, -0.2) is 25.0 Å². The zero-order valence-electron chi connectivity index (χ0n) is 17.7. The topological polar surface area (TPSA) is 58.6 Å². The molecule has 5 rings (SSSR count). The highest BCUT2D eigenvalue weighted by molar-refractivity contribution is 6.15. The first-order valence-corrected chi connectivity index (χ1v) is 11.1. The molecule has 5 nitrogen and oxygen atoms in total. The Kier molecular flexibility index (Phi) is 5.10. The van der Waals surface area contributed by atoms with Crippen LogP contribution in [0.2, 0.25) is 0 Å². The fourth-order valence-corrected chi connectivity index (χ4v) is 4.39. The van der Waals surface area contributed by atoms with E-state index in [4.69, 9.17) is 4.74 Å². The molecule has 2 aliphatic rings. The summed E-state index contributed by atoms with van der Waals surface area (Å²) >= 11 is 0. The van der Waals surface area contributed by atoms with Crippen molar-refractivity contribution in [2.24, 2.45) is 5.92 Å². The Morgan fingerprint density at radius 1 is 1.10 bits per heavy atom. The van der Waals surface area contributed by atoms with Crippen LogP contribution in [0, 0.1) is 5.92 Å². The molecule has 3 aromatic rings. The van der Waals surface area contributed by atoms with Gasteiger partial charge in [0.05, 0.1) is 12.2 Å². The zero-order valence-corrected chi connectivity index (χ0v) is 17.7. The lowest BCUT2D eigenvalue weighted by Crippen LogP contribution is -2.36. The summed E-state index contributed by atoms with van der Waals surface area (Å²) in [7, 11) is 0. The van der Waals surface area contributed by atoms with Crippen molar-refractivity contribution in [2.45, 2.75) is 32.6 Å². The standard InChI is InChI=1S/C26H26N2O3/c1-2-31-23-14-12-17-6-3-4-8-21(17)24(23)25(29)27-20-13-11-18-7-5-15-28(22(18)16-20)26(30)19-9-10-19/h3-4,6,8,11-14,16,19H,2,5,7,9-10,15H2,1H3,(H,27,29). The van der Waals surface area contributed by atoms with Crippen molar-refractivity contribution in [3.63, 3.8) is 0 Å². The molecule has 0 aromatic heterocycles. The SMILES string of the molecule is CCOc1ccc2ccccc2c1C(=O)Nc1ccc2c(c1)N(C(=O)C1CC1)CCC2. The molecular weight excluding hydrogens is 388 g/mol. The van der Waals surface area contributed by atoms with Crippen molar-refractivity contribution < 1.29 is 14.3 Å². The number of amides is 2. The summed E-state index contributed by atoms with van der Waals surface area (Å²) in [5, 5.41) is 4.89. The van der Waals surface area contributed by atoms with Crippen molar-refractivity contribution in [3.05, 3.63) is 65.7 Å². The molecule has 0 unspecified atom stereocenters. The highest BCUT2D eigenvalue weighted by Gasteiger charge is 2.35. The molecule has 1 saturated carbocycles. The minimum atomic E-state index is -0.212. The largest absolute Gasteiger partial charge is 0.493 e. The van der Waals surface area contributed by atoms with Crippen LogP contribution in [0.4, 0.5) is 11.4 Å². The van der Waals surface area contributed by atoms with Crippen LogP contribution >= 0.6 is 0 Å². The third-order valence-electron chi connectivity index (χ3n) is 6.07. The maximum absolute atomic E-state index is 13.4. The van der Waals surface area contributed by atoms with Gasteiger partial charge in [0.1, 0.15) is 5.75 Å². The number of anilines is 2. The third-order valence-corrected chi connectivity index (χ3v) is 6.07. The van der Waals surface area contributed by atoms with Gasteiger partial charge in [0.25, 0.3) is 5.91 Å². The number of carbonyl (C=O) groups is 2. The normalized spacial score (nSPS) is 15.5. The maximum Gasteiger partial charge on any atom is 0.260 e. The van der Waals surface area contributed by atoms with Gasteiger partial charge in [0, 0.05) is 23.8 Å². The fourth-order valence-electron chi connectivity index (χ4n) is 4.39. The van der Waals surface area contributed by atoms with Gasteiger partial charge >= 0.3 is 0 Å². The summed E-state index contributed by atoms with van der Waals surface area (Å²) in [5.41, 5.74) is 3.32. The first kappa shape index (κ1) is 19.6. The molecular formula is C26H26N2O3. The van der Waals surface area contributed by atoms with Crippen molar-refractivity contribution in [1.29, 1.82) is 0 Å². The van der Waals surface area contributed by atoms with Crippen LogP contribution in [-0.2, 0) is 11.2 Å². The zero-order chi connectivity index (χ0) is 21.4. The Hall–Kier alpha value is -3.34. The lowest BCUT2D eigenvalue weighted by atomic mass is 10.00. The molecule has 1 aliphatic carbocycles. The highest BCUT2D eigenvalue weighted by Crippen LogP contribution is 2.37. The molecule has 3 aromatic carbocycles. The molecule has 158 valence electrons. The van der Waals surface area contributed by atoms with Gasteiger partial charge in [-0.15, -0.1) is 0 Å². The predicted octanol–water partition coefficient (Wildman–Crippen LogP) is 5.18.